The van der Waals surface area contributed by atoms with Crippen molar-refractivity contribution in [3.8, 4) is 0 Å². The number of benzene rings is 2. The van der Waals surface area contributed by atoms with Crippen molar-refractivity contribution in [3.05, 3.63) is 59.7 Å². The van der Waals surface area contributed by atoms with Crippen LogP contribution >= 0.6 is 0 Å². The summed E-state index contributed by atoms with van der Waals surface area (Å²) in [4.78, 5) is 34.1. The fraction of sp³-hybridized carbons (Fsp3) is 0.286. The second-order valence-corrected chi connectivity index (χ2v) is 7.46. The minimum atomic E-state index is -1.17. The average molecular weight is 413 g/mol. The molecule has 0 aromatic heterocycles. The van der Waals surface area contributed by atoms with Crippen molar-refractivity contribution in [2.24, 2.45) is 10.2 Å². The number of alkyl carbamates (subject to hydrolysis) is 1. The number of carboxylic acids is 2. The van der Waals surface area contributed by atoms with E-state index in [0.29, 0.717) is 16.9 Å². The molecule has 0 aliphatic rings. The van der Waals surface area contributed by atoms with Crippen molar-refractivity contribution in [1.82, 2.24) is 5.32 Å². The number of ether oxygens (including phenoxy) is 1. The van der Waals surface area contributed by atoms with E-state index in [0.717, 1.165) is 0 Å². The number of nitrogens with zero attached hydrogens (tertiary/aromatic N) is 2. The van der Waals surface area contributed by atoms with Crippen LogP contribution in [0.15, 0.2) is 58.8 Å². The Kier molecular flexibility index (Phi) is 7.24. The molecule has 0 aliphatic heterocycles. The minimum Gasteiger partial charge on any atom is -0.480 e. The van der Waals surface area contributed by atoms with Gasteiger partial charge in [0.2, 0.25) is 0 Å². The van der Waals surface area contributed by atoms with Crippen LogP contribution in [0, 0.1) is 0 Å². The van der Waals surface area contributed by atoms with E-state index in [1.54, 1.807) is 57.2 Å². The lowest BCUT2D eigenvalue weighted by Gasteiger charge is -2.22. The molecule has 1 unspecified atom stereocenters. The number of hydrogen-bond acceptors (Lipinski definition) is 6. The van der Waals surface area contributed by atoms with Crippen molar-refractivity contribution >= 4 is 29.4 Å². The third-order valence-electron chi connectivity index (χ3n) is 3.76. The molecule has 0 bridgehead atoms. The number of nitrogens with one attached hydrogen (secondary N) is 1. The Bertz CT molecular complexity index is 931. The fourth-order valence-corrected chi connectivity index (χ4v) is 2.37. The second-order valence-electron chi connectivity index (χ2n) is 7.46. The van der Waals surface area contributed by atoms with E-state index in [2.05, 4.69) is 15.5 Å². The normalized spacial score (nSPS) is 12.4. The first kappa shape index (κ1) is 22.5. The molecule has 0 spiro atoms. The molecule has 2 aromatic rings. The zero-order valence-corrected chi connectivity index (χ0v) is 16.8. The van der Waals surface area contributed by atoms with Crippen LogP contribution in [0.2, 0.25) is 0 Å². The summed E-state index contributed by atoms with van der Waals surface area (Å²) in [5, 5.41) is 28.7. The maximum atomic E-state index is 11.8. The van der Waals surface area contributed by atoms with Crippen LogP contribution in [0.1, 0.15) is 36.7 Å². The van der Waals surface area contributed by atoms with Gasteiger partial charge in [0.15, 0.2) is 0 Å². The number of azo groups is 1. The van der Waals surface area contributed by atoms with Gasteiger partial charge in [0, 0.05) is 6.42 Å². The summed E-state index contributed by atoms with van der Waals surface area (Å²) < 4.78 is 5.10. The Hall–Kier alpha value is -3.75. The maximum Gasteiger partial charge on any atom is 0.408 e. The zero-order valence-electron chi connectivity index (χ0n) is 16.8. The summed E-state index contributed by atoms with van der Waals surface area (Å²) in [7, 11) is 0. The summed E-state index contributed by atoms with van der Waals surface area (Å²) in [6, 6.07) is 11.5. The van der Waals surface area contributed by atoms with E-state index < -0.39 is 29.7 Å². The molecule has 3 N–H and O–H groups in total. The molecule has 0 saturated carbocycles. The summed E-state index contributed by atoms with van der Waals surface area (Å²) >= 11 is 0. The van der Waals surface area contributed by atoms with E-state index in [9.17, 15) is 19.5 Å². The van der Waals surface area contributed by atoms with Crippen LogP contribution in [0.25, 0.3) is 0 Å². The largest absolute Gasteiger partial charge is 0.480 e. The molecule has 0 aliphatic carbocycles. The van der Waals surface area contributed by atoms with Gasteiger partial charge in [0.25, 0.3) is 0 Å². The van der Waals surface area contributed by atoms with E-state index >= 15 is 0 Å². The molecule has 9 heteroatoms. The van der Waals surface area contributed by atoms with Gasteiger partial charge in [-0.15, -0.1) is 0 Å². The number of amides is 1. The van der Waals surface area contributed by atoms with Gasteiger partial charge in [0.05, 0.1) is 16.9 Å². The smallest absolute Gasteiger partial charge is 0.408 e. The Morgan fingerprint density at radius 2 is 1.43 bits per heavy atom. The summed E-state index contributed by atoms with van der Waals surface area (Å²) in [5.74, 6) is -2.19. The van der Waals surface area contributed by atoms with Gasteiger partial charge < -0.3 is 20.3 Å². The standard InChI is InChI=1S/C21H23N3O6/c1-21(2,3)30-20(29)22-17(19(27)28)12-13-4-8-15(9-5-13)23-24-16-10-6-14(7-11-16)18(25)26/h4-11,17H,12H2,1-3H3,(H,22,29)(H,25,26)(H,27,28). The van der Waals surface area contributed by atoms with Crippen LogP contribution in [0.4, 0.5) is 16.2 Å². The number of hydrogen-bond donors (Lipinski definition) is 3. The van der Waals surface area contributed by atoms with Gasteiger partial charge in [-0.3, -0.25) is 0 Å². The molecule has 0 saturated heterocycles. The zero-order chi connectivity index (χ0) is 22.3. The lowest BCUT2D eigenvalue weighted by molar-refractivity contribution is -0.139. The third kappa shape index (κ3) is 7.34. The van der Waals surface area contributed by atoms with Gasteiger partial charge >= 0.3 is 18.0 Å². The van der Waals surface area contributed by atoms with E-state index in [4.69, 9.17) is 9.84 Å². The molecule has 1 atom stereocenters. The highest BCUT2D eigenvalue weighted by Gasteiger charge is 2.24. The predicted octanol–water partition coefficient (Wildman–Crippen LogP) is 4.32. The first-order valence-corrected chi connectivity index (χ1v) is 9.10. The first-order valence-electron chi connectivity index (χ1n) is 9.10. The van der Waals surface area contributed by atoms with Crippen molar-refractivity contribution in [1.29, 1.82) is 0 Å². The van der Waals surface area contributed by atoms with Gasteiger partial charge in [-0.05, 0) is 62.7 Å². The van der Waals surface area contributed by atoms with Crippen LogP contribution in [-0.2, 0) is 16.0 Å². The number of aliphatic carboxylic acids is 1. The van der Waals surface area contributed by atoms with Crippen LogP contribution < -0.4 is 5.32 Å². The Balaban J connectivity index is 2.00. The van der Waals surface area contributed by atoms with Crippen molar-refractivity contribution < 1.29 is 29.3 Å². The summed E-state index contributed by atoms with van der Waals surface area (Å²) in [6.45, 7) is 5.07. The number of aromatic carboxylic acids is 1. The molecule has 30 heavy (non-hydrogen) atoms. The summed E-state index contributed by atoms with van der Waals surface area (Å²) in [6.07, 6.45) is -0.725. The molecule has 0 heterocycles. The highest BCUT2D eigenvalue weighted by molar-refractivity contribution is 5.87. The van der Waals surface area contributed by atoms with E-state index in [-0.39, 0.29) is 12.0 Å². The van der Waals surface area contributed by atoms with Crippen molar-refractivity contribution in [2.45, 2.75) is 38.8 Å². The Morgan fingerprint density at radius 3 is 1.87 bits per heavy atom. The number of carboxylic acid groups (broad SMARTS) is 2. The lowest BCUT2D eigenvalue weighted by atomic mass is 10.1. The van der Waals surface area contributed by atoms with Crippen molar-refractivity contribution in [3.63, 3.8) is 0 Å². The molecule has 2 aromatic carbocycles. The molecule has 158 valence electrons. The summed E-state index contributed by atoms with van der Waals surface area (Å²) in [5.41, 5.74) is 1.15. The lowest BCUT2D eigenvalue weighted by Crippen LogP contribution is -2.44. The van der Waals surface area contributed by atoms with Gasteiger partial charge in [-0.2, -0.15) is 10.2 Å². The van der Waals surface area contributed by atoms with Gasteiger partial charge in [0.1, 0.15) is 11.6 Å². The highest BCUT2D eigenvalue weighted by Crippen LogP contribution is 2.20. The molecule has 9 nitrogen and oxygen atoms in total. The average Bonchev–Trinajstić information content (AvgIpc) is 2.65. The van der Waals surface area contributed by atoms with Crippen LogP contribution in [0.3, 0.4) is 0 Å². The Labute approximate surface area is 173 Å². The molecule has 2 rings (SSSR count). The van der Waals surface area contributed by atoms with E-state index in [1.807, 2.05) is 0 Å². The quantitative estimate of drug-likeness (QED) is 0.578. The van der Waals surface area contributed by atoms with E-state index in [1.165, 1.54) is 12.1 Å². The number of rotatable bonds is 7. The first-order chi connectivity index (χ1) is 14.0. The molecule has 1 amide bonds. The van der Waals surface area contributed by atoms with Gasteiger partial charge in [-0.25, -0.2) is 14.4 Å². The fourth-order valence-electron chi connectivity index (χ4n) is 2.37. The predicted molar refractivity (Wildman–Crippen MR) is 109 cm³/mol. The molecular weight excluding hydrogens is 390 g/mol. The topological polar surface area (TPSA) is 138 Å². The minimum absolute atomic E-state index is 0.0721. The SMILES string of the molecule is CC(C)(C)OC(=O)NC(Cc1ccc(N=Nc2ccc(C(=O)O)cc2)cc1)C(=O)O. The maximum absolute atomic E-state index is 11.8. The molecule has 0 radical (unpaired) electrons. The monoisotopic (exact) mass is 413 g/mol. The van der Waals surface area contributed by atoms with Gasteiger partial charge in [-0.1, -0.05) is 12.1 Å². The second kappa shape index (κ2) is 9.64. The molecule has 0 fully saturated rings. The third-order valence-corrected chi connectivity index (χ3v) is 3.76. The number of carbonyl (C=O) groups is 3. The molecular formula is C21H23N3O6. The number of carbonyl (C=O) groups excluding carboxylic acids is 1. The highest BCUT2D eigenvalue weighted by atomic mass is 16.6. The van der Waals surface area contributed by atoms with Crippen LogP contribution in [0.5, 0.6) is 0 Å². The Morgan fingerprint density at radius 1 is 0.933 bits per heavy atom. The van der Waals surface area contributed by atoms with Crippen LogP contribution in [-0.4, -0.2) is 39.9 Å². The van der Waals surface area contributed by atoms with Crippen molar-refractivity contribution in [2.75, 3.05) is 0 Å².